The van der Waals surface area contributed by atoms with E-state index >= 15 is 0 Å². The van der Waals surface area contributed by atoms with E-state index in [0.717, 1.165) is 4.31 Å². The van der Waals surface area contributed by atoms with E-state index in [0.29, 0.717) is 17.2 Å². The first-order valence-corrected chi connectivity index (χ1v) is 10.5. The molecule has 0 aliphatic carbocycles. The molecule has 162 valence electrons. The van der Waals surface area contributed by atoms with E-state index in [1.54, 1.807) is 38.5 Å². The number of esters is 1. The maximum Gasteiger partial charge on any atom is 0.326 e. The van der Waals surface area contributed by atoms with E-state index in [-0.39, 0.29) is 11.4 Å². The number of nitrogens with one attached hydrogen (secondary N) is 1. The zero-order valence-corrected chi connectivity index (χ0v) is 18.3. The third-order valence-electron chi connectivity index (χ3n) is 4.18. The van der Waals surface area contributed by atoms with Gasteiger partial charge >= 0.3 is 5.97 Å². The molecule has 1 aromatic heterocycles. The van der Waals surface area contributed by atoms with Crippen LogP contribution in [0, 0.1) is 6.92 Å². The van der Waals surface area contributed by atoms with Gasteiger partial charge in [0.05, 0.1) is 4.90 Å². The van der Waals surface area contributed by atoms with Crippen molar-refractivity contribution in [2.45, 2.75) is 24.8 Å². The molecule has 0 spiro atoms. The maximum absolute atomic E-state index is 12.5. The Kier molecular flexibility index (Phi) is 7.46. The van der Waals surface area contributed by atoms with Crippen LogP contribution in [0.5, 0.6) is 0 Å². The molecule has 0 saturated heterocycles. The van der Waals surface area contributed by atoms with Crippen LogP contribution < -0.4 is 10.2 Å². The monoisotopic (exact) mass is 435 g/mol. The van der Waals surface area contributed by atoms with E-state index < -0.39 is 28.0 Å². The Hall–Kier alpha value is -3.05. The van der Waals surface area contributed by atoms with Crippen LogP contribution in [-0.4, -0.2) is 68.4 Å². The number of carbonyl (C=O) groups is 2. The van der Waals surface area contributed by atoms with Gasteiger partial charge in [-0.25, -0.2) is 22.7 Å². The van der Waals surface area contributed by atoms with Crippen molar-refractivity contribution in [1.29, 1.82) is 0 Å². The van der Waals surface area contributed by atoms with Gasteiger partial charge in [0.25, 0.3) is 5.91 Å². The highest BCUT2D eigenvalue weighted by atomic mass is 32.2. The number of aromatic nitrogens is 2. The number of hydrogen-bond donors (Lipinski definition) is 1. The summed E-state index contributed by atoms with van der Waals surface area (Å²) in [6, 6.07) is 6.09. The normalized spacial score (nSPS) is 12.3. The van der Waals surface area contributed by atoms with Gasteiger partial charge in [0, 0.05) is 39.2 Å². The van der Waals surface area contributed by atoms with Gasteiger partial charge in [-0.1, -0.05) is 6.07 Å². The number of anilines is 2. The Labute approximate surface area is 175 Å². The highest BCUT2D eigenvalue weighted by Crippen LogP contribution is 2.22. The van der Waals surface area contributed by atoms with Crippen LogP contribution in [0.1, 0.15) is 12.5 Å². The topological polar surface area (TPSA) is 122 Å². The van der Waals surface area contributed by atoms with Gasteiger partial charge in [-0.15, -0.1) is 0 Å². The molecule has 0 radical (unpaired) electrons. The van der Waals surface area contributed by atoms with E-state index in [1.165, 1.54) is 38.1 Å². The van der Waals surface area contributed by atoms with Crippen LogP contribution in [0.25, 0.3) is 0 Å². The number of ether oxygens (including phenoxy) is 1. The first-order chi connectivity index (χ1) is 14.0. The summed E-state index contributed by atoms with van der Waals surface area (Å²) < 4.78 is 30.9. The fourth-order valence-electron chi connectivity index (χ4n) is 2.38. The summed E-state index contributed by atoms with van der Waals surface area (Å²) in [6.45, 7) is 3.02. The molecule has 2 aromatic rings. The number of hydrogen-bond acceptors (Lipinski definition) is 8. The van der Waals surface area contributed by atoms with Crippen LogP contribution in [0.15, 0.2) is 41.6 Å². The minimum absolute atomic E-state index is 0.0440. The number of sulfonamides is 1. The number of nitrogens with zero attached hydrogens (tertiary/aromatic N) is 4. The number of benzene rings is 1. The molecule has 0 saturated carbocycles. The number of rotatable bonds is 8. The van der Waals surface area contributed by atoms with Crippen LogP contribution in [-0.2, 0) is 24.3 Å². The SMILES string of the molecule is Cc1ccc(S(=O)(=O)N(C)C)cc1NC(=O)C(C)OC(=O)CN(C)c1ncccn1. The zero-order valence-electron chi connectivity index (χ0n) is 17.5. The van der Waals surface area contributed by atoms with Crippen molar-refractivity contribution >= 4 is 33.5 Å². The quantitative estimate of drug-likeness (QED) is 0.611. The second-order valence-electron chi connectivity index (χ2n) is 6.79. The summed E-state index contributed by atoms with van der Waals surface area (Å²) in [6.07, 6.45) is 2.01. The van der Waals surface area contributed by atoms with Gasteiger partial charge in [0.2, 0.25) is 16.0 Å². The lowest BCUT2D eigenvalue weighted by Gasteiger charge is -2.19. The molecule has 2 rings (SSSR count). The van der Waals surface area contributed by atoms with Crippen molar-refractivity contribution in [3.05, 3.63) is 42.2 Å². The molecule has 10 nitrogen and oxygen atoms in total. The molecule has 30 heavy (non-hydrogen) atoms. The Bertz CT molecular complexity index is 1010. The van der Waals surface area contributed by atoms with Crippen molar-refractivity contribution in [2.24, 2.45) is 0 Å². The summed E-state index contributed by atoms with van der Waals surface area (Å²) >= 11 is 0. The molecular formula is C19H25N5O5S. The maximum atomic E-state index is 12.5. The smallest absolute Gasteiger partial charge is 0.326 e. The summed E-state index contributed by atoms with van der Waals surface area (Å²) in [5.41, 5.74) is 0.987. The summed E-state index contributed by atoms with van der Waals surface area (Å²) in [7, 11) is 0.821. The molecule has 0 aliphatic rings. The van der Waals surface area contributed by atoms with Crippen LogP contribution in [0.4, 0.5) is 11.6 Å². The fourth-order valence-corrected chi connectivity index (χ4v) is 3.31. The lowest BCUT2D eigenvalue weighted by atomic mass is 10.2. The summed E-state index contributed by atoms with van der Waals surface area (Å²) in [5, 5.41) is 2.61. The van der Waals surface area contributed by atoms with Crippen LogP contribution in [0.3, 0.4) is 0 Å². The molecule has 1 N–H and O–H groups in total. The van der Waals surface area contributed by atoms with Crippen molar-refractivity contribution in [1.82, 2.24) is 14.3 Å². The standard InChI is InChI=1S/C19H25N5O5S/c1-13-7-8-15(30(27,28)23(3)4)11-16(13)22-18(26)14(2)29-17(25)12-24(5)19-20-9-6-10-21-19/h6-11,14H,12H2,1-5H3,(H,22,26). The van der Waals surface area contributed by atoms with Crippen molar-refractivity contribution in [3.63, 3.8) is 0 Å². The zero-order chi connectivity index (χ0) is 22.5. The fraction of sp³-hybridized carbons (Fsp3) is 0.368. The molecule has 1 amide bonds. The largest absolute Gasteiger partial charge is 0.451 e. The Morgan fingerprint density at radius 3 is 2.40 bits per heavy atom. The Morgan fingerprint density at radius 2 is 1.80 bits per heavy atom. The lowest BCUT2D eigenvalue weighted by molar-refractivity contribution is -0.151. The van der Waals surface area contributed by atoms with Crippen LogP contribution >= 0.6 is 0 Å². The molecule has 0 fully saturated rings. The highest BCUT2D eigenvalue weighted by Gasteiger charge is 2.22. The third kappa shape index (κ3) is 5.74. The summed E-state index contributed by atoms with van der Waals surface area (Å²) in [5.74, 6) is -0.862. The average Bonchev–Trinajstić information content (AvgIpc) is 2.69. The molecule has 0 aliphatic heterocycles. The van der Waals surface area contributed by atoms with Gasteiger partial charge in [-0.2, -0.15) is 0 Å². The van der Waals surface area contributed by atoms with E-state index in [9.17, 15) is 18.0 Å². The van der Waals surface area contributed by atoms with E-state index in [4.69, 9.17) is 4.74 Å². The Balaban J connectivity index is 2.03. The van der Waals surface area contributed by atoms with Gasteiger partial charge in [-0.05, 0) is 37.6 Å². The van der Waals surface area contributed by atoms with Gasteiger partial charge < -0.3 is 15.0 Å². The number of likely N-dealkylation sites (N-methyl/N-ethyl adjacent to an activating group) is 1. The second-order valence-corrected chi connectivity index (χ2v) is 8.94. The lowest BCUT2D eigenvalue weighted by Crippen LogP contribution is -2.35. The van der Waals surface area contributed by atoms with Gasteiger partial charge in [-0.3, -0.25) is 9.59 Å². The molecule has 1 aromatic carbocycles. The van der Waals surface area contributed by atoms with Crippen molar-refractivity contribution < 1.29 is 22.7 Å². The van der Waals surface area contributed by atoms with Crippen LogP contribution in [0.2, 0.25) is 0 Å². The molecule has 1 atom stereocenters. The minimum Gasteiger partial charge on any atom is -0.451 e. The molecule has 1 unspecified atom stereocenters. The number of amides is 1. The Morgan fingerprint density at radius 1 is 1.17 bits per heavy atom. The predicted molar refractivity (Wildman–Crippen MR) is 112 cm³/mol. The molecule has 0 bridgehead atoms. The first-order valence-electron chi connectivity index (χ1n) is 9.04. The first kappa shape index (κ1) is 23.2. The second kappa shape index (κ2) is 9.63. The van der Waals surface area contributed by atoms with Gasteiger partial charge in [0.15, 0.2) is 6.10 Å². The predicted octanol–water partition coefficient (Wildman–Crippen LogP) is 1.04. The molecule has 11 heteroatoms. The number of aryl methyl sites for hydroxylation is 1. The van der Waals surface area contributed by atoms with E-state index in [2.05, 4.69) is 15.3 Å². The molecule has 1 heterocycles. The molecular weight excluding hydrogens is 410 g/mol. The minimum atomic E-state index is -3.65. The van der Waals surface area contributed by atoms with Crippen molar-refractivity contribution in [2.75, 3.05) is 37.9 Å². The average molecular weight is 436 g/mol. The van der Waals surface area contributed by atoms with Gasteiger partial charge in [0.1, 0.15) is 6.54 Å². The third-order valence-corrected chi connectivity index (χ3v) is 5.99. The summed E-state index contributed by atoms with van der Waals surface area (Å²) in [4.78, 5) is 34.2. The van der Waals surface area contributed by atoms with Crippen molar-refractivity contribution in [3.8, 4) is 0 Å². The highest BCUT2D eigenvalue weighted by molar-refractivity contribution is 7.89. The number of carbonyl (C=O) groups excluding carboxylic acids is 2. The van der Waals surface area contributed by atoms with E-state index in [1.807, 2.05) is 0 Å².